The second-order valence-electron chi connectivity index (χ2n) is 6.69. The minimum absolute atomic E-state index is 0.0688. The lowest BCUT2D eigenvalue weighted by Gasteiger charge is -2.34. The standard InChI is InChI=1S/C20H23FN4O/c1-3-24-6-8-25(9-7-24)13-15-11-16(21)4-5-17(15)18-10-14(2)23-20(26)19(18)12-22/h4-5,10-11H,3,6-9,13H2,1-2H3,(H,23,26). The van der Waals surface area contributed by atoms with Crippen LogP contribution in [-0.2, 0) is 6.54 Å². The van der Waals surface area contributed by atoms with Gasteiger partial charge in [0, 0.05) is 44.0 Å². The molecule has 1 saturated heterocycles. The van der Waals surface area contributed by atoms with Crippen molar-refractivity contribution in [1.29, 1.82) is 5.26 Å². The van der Waals surface area contributed by atoms with Gasteiger partial charge in [0.25, 0.3) is 5.56 Å². The molecule has 1 aromatic carbocycles. The number of aromatic amines is 1. The number of hydrogen-bond donors (Lipinski definition) is 1. The third-order valence-corrected chi connectivity index (χ3v) is 4.94. The van der Waals surface area contributed by atoms with Crippen LogP contribution in [0.5, 0.6) is 0 Å². The first-order valence-corrected chi connectivity index (χ1v) is 8.89. The van der Waals surface area contributed by atoms with Gasteiger partial charge in [-0.25, -0.2) is 4.39 Å². The molecule has 3 rings (SSSR count). The normalized spacial score (nSPS) is 15.8. The summed E-state index contributed by atoms with van der Waals surface area (Å²) in [6.45, 7) is 9.40. The number of nitrogens with zero attached hydrogens (tertiary/aromatic N) is 3. The molecule has 0 amide bonds. The third-order valence-electron chi connectivity index (χ3n) is 4.94. The lowest BCUT2D eigenvalue weighted by atomic mass is 9.95. The van der Waals surface area contributed by atoms with Gasteiger partial charge < -0.3 is 9.88 Å². The lowest BCUT2D eigenvalue weighted by molar-refractivity contribution is 0.132. The van der Waals surface area contributed by atoms with Crippen molar-refractivity contribution in [3.63, 3.8) is 0 Å². The maximum absolute atomic E-state index is 13.9. The van der Waals surface area contributed by atoms with Gasteiger partial charge in [-0.05, 0) is 42.8 Å². The molecule has 0 spiro atoms. The van der Waals surface area contributed by atoms with Crippen molar-refractivity contribution in [2.45, 2.75) is 20.4 Å². The number of aromatic nitrogens is 1. The highest BCUT2D eigenvalue weighted by molar-refractivity contribution is 5.73. The van der Waals surface area contributed by atoms with Gasteiger partial charge in [-0.3, -0.25) is 9.69 Å². The first-order chi connectivity index (χ1) is 12.5. The molecule has 2 aromatic rings. The zero-order valence-electron chi connectivity index (χ0n) is 15.2. The van der Waals surface area contributed by atoms with Crippen molar-refractivity contribution < 1.29 is 4.39 Å². The Bertz CT molecular complexity index is 892. The summed E-state index contributed by atoms with van der Waals surface area (Å²) in [6.07, 6.45) is 0. The van der Waals surface area contributed by atoms with Gasteiger partial charge in [0.2, 0.25) is 0 Å². The summed E-state index contributed by atoms with van der Waals surface area (Å²) in [7, 11) is 0. The van der Waals surface area contributed by atoms with Crippen LogP contribution in [-0.4, -0.2) is 47.5 Å². The highest BCUT2D eigenvalue weighted by Crippen LogP contribution is 2.28. The predicted molar refractivity (Wildman–Crippen MR) is 99.3 cm³/mol. The second-order valence-corrected chi connectivity index (χ2v) is 6.69. The molecular weight excluding hydrogens is 331 g/mol. The Balaban J connectivity index is 1.98. The second kappa shape index (κ2) is 7.81. The van der Waals surface area contributed by atoms with E-state index < -0.39 is 5.56 Å². The molecule has 6 heteroatoms. The van der Waals surface area contributed by atoms with E-state index in [1.54, 1.807) is 19.1 Å². The Morgan fingerprint density at radius 3 is 2.50 bits per heavy atom. The number of H-pyrrole nitrogens is 1. The third kappa shape index (κ3) is 3.85. The molecule has 1 aliphatic heterocycles. The monoisotopic (exact) mass is 354 g/mol. The maximum atomic E-state index is 13.9. The summed E-state index contributed by atoms with van der Waals surface area (Å²) in [5.41, 5.74) is 2.45. The average Bonchev–Trinajstić information content (AvgIpc) is 2.62. The Kier molecular flexibility index (Phi) is 5.50. The number of nitrogens with one attached hydrogen (secondary N) is 1. The molecule has 0 aliphatic carbocycles. The van der Waals surface area contributed by atoms with Crippen molar-refractivity contribution in [2.24, 2.45) is 0 Å². The van der Waals surface area contributed by atoms with E-state index in [0.717, 1.165) is 43.9 Å². The highest BCUT2D eigenvalue weighted by atomic mass is 19.1. The van der Waals surface area contributed by atoms with Crippen molar-refractivity contribution in [2.75, 3.05) is 32.7 Å². The zero-order chi connectivity index (χ0) is 18.7. The molecule has 0 saturated carbocycles. The number of halogens is 1. The molecule has 1 aliphatic rings. The van der Waals surface area contributed by atoms with E-state index in [1.165, 1.54) is 12.1 Å². The van der Waals surface area contributed by atoms with E-state index in [2.05, 4.69) is 21.7 Å². The first kappa shape index (κ1) is 18.3. The van der Waals surface area contributed by atoms with Crippen LogP contribution in [0.15, 0.2) is 29.1 Å². The van der Waals surface area contributed by atoms with Gasteiger partial charge in [0.15, 0.2) is 0 Å². The molecule has 2 heterocycles. The van der Waals surface area contributed by atoms with E-state index in [-0.39, 0.29) is 11.4 Å². The summed E-state index contributed by atoms with van der Waals surface area (Å²) in [5.74, 6) is -0.309. The summed E-state index contributed by atoms with van der Waals surface area (Å²) < 4.78 is 13.9. The van der Waals surface area contributed by atoms with Gasteiger partial charge >= 0.3 is 0 Å². The van der Waals surface area contributed by atoms with Crippen LogP contribution < -0.4 is 5.56 Å². The Hall–Kier alpha value is -2.49. The molecule has 1 aromatic heterocycles. The summed E-state index contributed by atoms with van der Waals surface area (Å²) in [5, 5.41) is 9.41. The summed E-state index contributed by atoms with van der Waals surface area (Å²) >= 11 is 0. The van der Waals surface area contributed by atoms with Crippen LogP contribution in [0.25, 0.3) is 11.1 Å². The van der Waals surface area contributed by atoms with Crippen molar-refractivity contribution in [1.82, 2.24) is 14.8 Å². The van der Waals surface area contributed by atoms with Crippen LogP contribution in [0.2, 0.25) is 0 Å². The van der Waals surface area contributed by atoms with Crippen LogP contribution in [0.4, 0.5) is 4.39 Å². The van der Waals surface area contributed by atoms with Crippen molar-refractivity contribution in [3.05, 3.63) is 57.3 Å². The van der Waals surface area contributed by atoms with Crippen LogP contribution in [0.3, 0.4) is 0 Å². The maximum Gasteiger partial charge on any atom is 0.266 e. The summed E-state index contributed by atoms with van der Waals surface area (Å²) in [6, 6.07) is 8.34. The number of nitriles is 1. The molecule has 0 atom stereocenters. The quantitative estimate of drug-likeness (QED) is 0.916. The smallest absolute Gasteiger partial charge is 0.266 e. The fraction of sp³-hybridized carbons (Fsp3) is 0.400. The predicted octanol–water partition coefficient (Wildman–Crippen LogP) is 2.50. The number of hydrogen-bond acceptors (Lipinski definition) is 4. The van der Waals surface area contributed by atoms with E-state index in [1.807, 2.05) is 6.07 Å². The summed E-state index contributed by atoms with van der Waals surface area (Å²) in [4.78, 5) is 19.5. The van der Waals surface area contributed by atoms with Crippen LogP contribution >= 0.6 is 0 Å². The Morgan fingerprint density at radius 1 is 1.15 bits per heavy atom. The molecule has 1 fully saturated rings. The molecule has 0 bridgehead atoms. The zero-order valence-corrected chi connectivity index (χ0v) is 15.2. The molecule has 136 valence electrons. The minimum atomic E-state index is -0.408. The van der Waals surface area contributed by atoms with E-state index in [0.29, 0.717) is 17.8 Å². The van der Waals surface area contributed by atoms with E-state index >= 15 is 0 Å². The van der Waals surface area contributed by atoms with Crippen LogP contribution in [0.1, 0.15) is 23.7 Å². The van der Waals surface area contributed by atoms with Gasteiger partial charge in [-0.2, -0.15) is 5.26 Å². The number of likely N-dealkylation sites (N-methyl/N-ethyl adjacent to an activating group) is 1. The molecule has 1 N–H and O–H groups in total. The van der Waals surface area contributed by atoms with Gasteiger partial charge in [-0.15, -0.1) is 0 Å². The fourth-order valence-corrected chi connectivity index (χ4v) is 3.47. The van der Waals surface area contributed by atoms with E-state index in [4.69, 9.17) is 0 Å². The number of piperazine rings is 1. The number of benzene rings is 1. The molecule has 0 unspecified atom stereocenters. The van der Waals surface area contributed by atoms with Crippen molar-refractivity contribution >= 4 is 0 Å². The highest BCUT2D eigenvalue weighted by Gasteiger charge is 2.19. The number of aryl methyl sites for hydroxylation is 1. The van der Waals surface area contributed by atoms with Crippen molar-refractivity contribution in [3.8, 4) is 17.2 Å². The number of rotatable bonds is 4. The number of pyridine rings is 1. The van der Waals surface area contributed by atoms with Gasteiger partial charge in [0.1, 0.15) is 17.4 Å². The SMILES string of the molecule is CCN1CCN(Cc2cc(F)ccc2-c2cc(C)[nH]c(=O)c2C#N)CC1. The molecule has 5 nitrogen and oxygen atoms in total. The fourth-order valence-electron chi connectivity index (χ4n) is 3.47. The molecule has 0 radical (unpaired) electrons. The lowest BCUT2D eigenvalue weighted by Crippen LogP contribution is -2.45. The largest absolute Gasteiger partial charge is 0.325 e. The topological polar surface area (TPSA) is 63.1 Å². The molecular formula is C20H23FN4O. The van der Waals surface area contributed by atoms with Gasteiger partial charge in [0.05, 0.1) is 0 Å². The Morgan fingerprint density at radius 2 is 1.85 bits per heavy atom. The van der Waals surface area contributed by atoms with Crippen LogP contribution in [0, 0.1) is 24.1 Å². The minimum Gasteiger partial charge on any atom is -0.325 e. The first-order valence-electron chi connectivity index (χ1n) is 8.89. The van der Waals surface area contributed by atoms with E-state index in [9.17, 15) is 14.4 Å². The Labute approximate surface area is 152 Å². The molecule has 26 heavy (non-hydrogen) atoms. The van der Waals surface area contributed by atoms with Gasteiger partial charge in [-0.1, -0.05) is 13.0 Å². The average molecular weight is 354 g/mol.